The summed E-state index contributed by atoms with van der Waals surface area (Å²) in [5.74, 6) is 0.324. The first-order valence-corrected chi connectivity index (χ1v) is 6.76. The maximum atomic E-state index is 11.9. The molecule has 1 N–H and O–H groups in total. The summed E-state index contributed by atoms with van der Waals surface area (Å²) in [6.07, 6.45) is 3.44. The third-order valence-corrected chi connectivity index (χ3v) is 2.73. The lowest BCUT2D eigenvalue weighted by Crippen LogP contribution is -2.36. The van der Waals surface area contributed by atoms with Crippen molar-refractivity contribution in [1.82, 2.24) is 14.9 Å². The van der Waals surface area contributed by atoms with E-state index in [-0.39, 0.29) is 12.4 Å². The molecule has 0 saturated heterocycles. The molecule has 21 heavy (non-hydrogen) atoms. The number of carbonyl (C=O) groups excluding carboxylic acids is 2. The van der Waals surface area contributed by atoms with Gasteiger partial charge in [-0.15, -0.1) is 0 Å². The van der Waals surface area contributed by atoms with Crippen LogP contribution >= 0.6 is 0 Å². The van der Waals surface area contributed by atoms with Crippen molar-refractivity contribution >= 4 is 12.1 Å². The number of imidazole rings is 1. The van der Waals surface area contributed by atoms with Gasteiger partial charge < -0.3 is 19.4 Å². The molecule has 0 bridgehead atoms. The molecule has 0 radical (unpaired) electrons. The van der Waals surface area contributed by atoms with Gasteiger partial charge in [-0.3, -0.25) is 4.79 Å². The maximum Gasteiger partial charge on any atom is 0.408 e. The van der Waals surface area contributed by atoms with Crippen molar-refractivity contribution in [3.63, 3.8) is 0 Å². The predicted molar refractivity (Wildman–Crippen MR) is 76.6 cm³/mol. The van der Waals surface area contributed by atoms with Gasteiger partial charge in [-0.2, -0.15) is 0 Å². The summed E-state index contributed by atoms with van der Waals surface area (Å²) < 4.78 is 11.7. The van der Waals surface area contributed by atoms with Crippen LogP contribution in [-0.4, -0.2) is 34.3 Å². The van der Waals surface area contributed by atoms with Gasteiger partial charge in [-0.1, -0.05) is 0 Å². The van der Waals surface area contributed by atoms with E-state index >= 15 is 0 Å². The summed E-state index contributed by atoms with van der Waals surface area (Å²) >= 11 is 0. The Labute approximate surface area is 124 Å². The third-order valence-electron chi connectivity index (χ3n) is 2.73. The molecule has 0 saturated carbocycles. The molecule has 1 heterocycles. The smallest absolute Gasteiger partial charge is 0.408 e. The summed E-state index contributed by atoms with van der Waals surface area (Å²) in [6.45, 7) is 5.37. The van der Waals surface area contributed by atoms with Crippen LogP contribution in [0.3, 0.4) is 0 Å². The highest BCUT2D eigenvalue weighted by Crippen LogP contribution is 2.18. The Hall–Kier alpha value is -2.05. The molecule has 7 nitrogen and oxygen atoms in total. The summed E-state index contributed by atoms with van der Waals surface area (Å²) in [6, 6.07) is -0.418. The van der Waals surface area contributed by atoms with Gasteiger partial charge in [0, 0.05) is 25.9 Å². The number of hydrogen-bond acceptors (Lipinski definition) is 5. The Balaban J connectivity index is 2.75. The number of rotatable bonds is 5. The minimum absolute atomic E-state index is 0.184. The molecule has 0 aliphatic rings. The predicted octanol–water partition coefficient (Wildman–Crippen LogP) is 1.94. The van der Waals surface area contributed by atoms with Crippen molar-refractivity contribution in [3.05, 3.63) is 18.2 Å². The van der Waals surface area contributed by atoms with E-state index in [1.165, 1.54) is 7.11 Å². The lowest BCUT2D eigenvalue weighted by Gasteiger charge is -2.23. The average Bonchev–Trinajstić information content (AvgIpc) is 2.78. The second-order valence-electron chi connectivity index (χ2n) is 5.71. The number of nitrogens with zero attached hydrogens (tertiary/aromatic N) is 2. The molecule has 7 heteroatoms. The topological polar surface area (TPSA) is 82.4 Å². The van der Waals surface area contributed by atoms with Crippen LogP contribution in [0.15, 0.2) is 12.4 Å². The number of amides is 1. The second-order valence-corrected chi connectivity index (χ2v) is 5.71. The molecule has 0 aromatic carbocycles. The number of methoxy groups -OCH3 is 1. The van der Waals surface area contributed by atoms with E-state index in [1.807, 2.05) is 7.05 Å². The summed E-state index contributed by atoms with van der Waals surface area (Å²) in [5.41, 5.74) is -0.585. The molecule has 0 spiro atoms. The van der Waals surface area contributed by atoms with Crippen molar-refractivity contribution in [2.75, 3.05) is 7.11 Å². The minimum atomic E-state index is -0.585. The van der Waals surface area contributed by atoms with Crippen LogP contribution in [0.1, 0.15) is 45.5 Å². The van der Waals surface area contributed by atoms with Gasteiger partial charge >= 0.3 is 12.1 Å². The molecule has 118 valence electrons. The zero-order valence-corrected chi connectivity index (χ0v) is 13.2. The van der Waals surface area contributed by atoms with Gasteiger partial charge in [0.25, 0.3) is 0 Å². The first kappa shape index (κ1) is 17.0. The number of aryl methyl sites for hydroxylation is 1. The highest BCUT2D eigenvalue weighted by molar-refractivity contribution is 5.70. The Morgan fingerprint density at radius 1 is 1.43 bits per heavy atom. The molecule has 1 aromatic heterocycles. The zero-order chi connectivity index (χ0) is 16.0. The van der Waals surface area contributed by atoms with Gasteiger partial charge in [0.05, 0.1) is 13.2 Å². The number of ether oxygens (including phenoxy) is 2. The number of alkyl carbamates (subject to hydrolysis) is 1. The van der Waals surface area contributed by atoms with Crippen molar-refractivity contribution in [2.45, 2.75) is 45.3 Å². The summed E-state index contributed by atoms with van der Waals surface area (Å²) in [5, 5.41) is 2.74. The first-order chi connectivity index (χ1) is 9.73. The van der Waals surface area contributed by atoms with Gasteiger partial charge in [0.2, 0.25) is 0 Å². The van der Waals surface area contributed by atoms with E-state index in [0.29, 0.717) is 12.2 Å². The number of nitrogens with one attached hydrogen (secondary N) is 1. The number of esters is 1. The van der Waals surface area contributed by atoms with Crippen LogP contribution in [0.5, 0.6) is 0 Å². The molecule has 1 aromatic rings. The van der Waals surface area contributed by atoms with E-state index in [2.05, 4.69) is 15.0 Å². The van der Waals surface area contributed by atoms with Gasteiger partial charge in [0.1, 0.15) is 11.4 Å². The van der Waals surface area contributed by atoms with Crippen LogP contribution in [-0.2, 0) is 21.3 Å². The van der Waals surface area contributed by atoms with Crippen LogP contribution in [0.2, 0.25) is 0 Å². The molecule has 1 amide bonds. The zero-order valence-electron chi connectivity index (χ0n) is 13.2. The fourth-order valence-corrected chi connectivity index (χ4v) is 1.79. The molecule has 0 fully saturated rings. The highest BCUT2D eigenvalue weighted by Gasteiger charge is 2.23. The first-order valence-electron chi connectivity index (χ1n) is 6.76. The van der Waals surface area contributed by atoms with Crippen molar-refractivity contribution in [1.29, 1.82) is 0 Å². The largest absolute Gasteiger partial charge is 0.469 e. The fourth-order valence-electron chi connectivity index (χ4n) is 1.79. The molecule has 0 aliphatic heterocycles. The van der Waals surface area contributed by atoms with E-state index < -0.39 is 17.7 Å². The van der Waals surface area contributed by atoms with Crippen molar-refractivity contribution in [2.24, 2.45) is 7.05 Å². The number of carbonyl (C=O) groups is 2. The highest BCUT2D eigenvalue weighted by atomic mass is 16.6. The second kappa shape index (κ2) is 7.10. The van der Waals surface area contributed by atoms with Gasteiger partial charge in [-0.05, 0) is 27.2 Å². The number of aromatic nitrogens is 2. The Morgan fingerprint density at radius 2 is 2.10 bits per heavy atom. The Kier molecular flexibility index (Phi) is 5.75. The molecule has 1 atom stereocenters. The van der Waals surface area contributed by atoms with Crippen LogP contribution in [0.25, 0.3) is 0 Å². The van der Waals surface area contributed by atoms with E-state index in [1.54, 1.807) is 37.7 Å². The molecular formula is C14H23N3O4. The molecular weight excluding hydrogens is 274 g/mol. The fraction of sp³-hybridized carbons (Fsp3) is 0.643. The quantitative estimate of drug-likeness (QED) is 0.840. The van der Waals surface area contributed by atoms with Crippen LogP contribution < -0.4 is 5.32 Å². The van der Waals surface area contributed by atoms with E-state index in [4.69, 9.17) is 4.74 Å². The van der Waals surface area contributed by atoms with E-state index in [0.717, 1.165) is 0 Å². The third kappa shape index (κ3) is 5.85. The number of hydrogen-bond donors (Lipinski definition) is 1. The van der Waals surface area contributed by atoms with Crippen LogP contribution in [0.4, 0.5) is 4.79 Å². The standard InChI is InChI=1S/C14H23N3O4/c1-14(2,3)21-13(19)16-10(6-7-11(18)20-5)12-15-8-9-17(12)4/h8-10H,6-7H2,1-5H3,(H,16,19)/t10-/m0/s1. The monoisotopic (exact) mass is 297 g/mol. The minimum Gasteiger partial charge on any atom is -0.469 e. The molecule has 0 unspecified atom stereocenters. The molecule has 1 rings (SSSR count). The lowest BCUT2D eigenvalue weighted by atomic mass is 10.1. The lowest BCUT2D eigenvalue weighted by molar-refractivity contribution is -0.140. The van der Waals surface area contributed by atoms with Gasteiger partial charge in [-0.25, -0.2) is 9.78 Å². The average molecular weight is 297 g/mol. The maximum absolute atomic E-state index is 11.9. The van der Waals surface area contributed by atoms with Crippen LogP contribution in [0, 0.1) is 0 Å². The van der Waals surface area contributed by atoms with Gasteiger partial charge in [0.15, 0.2) is 0 Å². The summed E-state index contributed by atoms with van der Waals surface area (Å²) in [4.78, 5) is 27.4. The normalized spacial score (nSPS) is 12.6. The summed E-state index contributed by atoms with van der Waals surface area (Å²) in [7, 11) is 3.16. The molecule has 0 aliphatic carbocycles. The van der Waals surface area contributed by atoms with Crippen molar-refractivity contribution in [3.8, 4) is 0 Å². The Morgan fingerprint density at radius 3 is 2.57 bits per heavy atom. The Bertz CT molecular complexity index is 491. The van der Waals surface area contributed by atoms with E-state index in [9.17, 15) is 9.59 Å². The SMILES string of the molecule is COC(=O)CC[C@H](NC(=O)OC(C)(C)C)c1nccn1C. The van der Waals surface area contributed by atoms with Crippen molar-refractivity contribution < 1.29 is 19.1 Å².